The molecule has 9 nitrogen and oxygen atoms in total. The highest BCUT2D eigenvalue weighted by atomic mass is 32.2. The summed E-state index contributed by atoms with van der Waals surface area (Å²) in [4.78, 5) is 25.7. The summed E-state index contributed by atoms with van der Waals surface area (Å²) in [6, 6.07) is 10.4. The number of nitrogens with one attached hydrogen (secondary N) is 2. The smallest absolute Gasteiger partial charge is 0.422 e. The van der Waals surface area contributed by atoms with Gasteiger partial charge in [-0.1, -0.05) is 18.2 Å². The first-order chi connectivity index (χ1) is 19.8. The summed E-state index contributed by atoms with van der Waals surface area (Å²) in [5.41, 5.74) is 1.76. The van der Waals surface area contributed by atoms with Crippen molar-refractivity contribution < 1.29 is 40.8 Å². The largest absolute Gasteiger partial charge is 0.484 e. The number of anilines is 1. The Morgan fingerprint density at radius 1 is 1.26 bits per heavy atom. The molecule has 0 aliphatic carbocycles. The average Bonchev–Trinajstić information content (AvgIpc) is 2.92. The molecule has 1 fully saturated rings. The number of hydrazone groups is 1. The minimum atomic E-state index is -4.46. The lowest BCUT2D eigenvalue weighted by molar-refractivity contribution is -0.153. The third kappa shape index (κ3) is 10.2. The number of ether oxygens (including phenoxy) is 2. The Morgan fingerprint density at radius 3 is 2.71 bits per heavy atom. The van der Waals surface area contributed by atoms with E-state index in [0.717, 1.165) is 6.08 Å². The lowest BCUT2D eigenvalue weighted by Crippen LogP contribution is -2.45. The molecule has 2 unspecified atom stereocenters. The zero-order chi connectivity index (χ0) is 30.9. The van der Waals surface area contributed by atoms with E-state index >= 15 is 0 Å². The highest BCUT2D eigenvalue weighted by Crippen LogP contribution is 2.23. The Labute approximate surface area is 243 Å². The fourth-order valence-electron chi connectivity index (χ4n) is 4.01. The first-order valence-electron chi connectivity index (χ1n) is 12.9. The Kier molecular flexibility index (Phi) is 11.6. The number of hydrogen-bond donors (Lipinski definition) is 2. The quantitative estimate of drug-likeness (QED) is 0.215. The van der Waals surface area contributed by atoms with Gasteiger partial charge in [-0.15, -0.1) is 0 Å². The molecule has 0 bridgehead atoms. The maximum atomic E-state index is 14.2. The minimum Gasteiger partial charge on any atom is -0.484 e. The fraction of sp³-hybridized carbons (Fsp3) is 0.393. The number of amides is 2. The van der Waals surface area contributed by atoms with Gasteiger partial charge in [0.05, 0.1) is 29.3 Å². The number of piperidine rings is 1. The molecule has 1 saturated heterocycles. The van der Waals surface area contributed by atoms with Gasteiger partial charge in [0.15, 0.2) is 6.61 Å². The van der Waals surface area contributed by atoms with E-state index in [4.69, 9.17) is 9.47 Å². The molecule has 2 aromatic carbocycles. The molecular weight excluding hydrogens is 580 g/mol. The van der Waals surface area contributed by atoms with Gasteiger partial charge in [-0.2, -0.15) is 18.3 Å². The molecule has 14 heteroatoms. The maximum Gasteiger partial charge on any atom is 0.422 e. The Balaban J connectivity index is 1.80. The number of nitrogens with zero attached hydrogens (tertiary/aromatic N) is 2. The van der Waals surface area contributed by atoms with Crippen molar-refractivity contribution >= 4 is 34.2 Å². The van der Waals surface area contributed by atoms with Crippen LogP contribution in [0.1, 0.15) is 24.0 Å². The van der Waals surface area contributed by atoms with Crippen LogP contribution in [0.25, 0.3) is 0 Å². The number of alkyl halides is 3. The van der Waals surface area contributed by atoms with Crippen molar-refractivity contribution in [3.05, 3.63) is 71.1 Å². The van der Waals surface area contributed by atoms with Crippen LogP contribution in [0.3, 0.4) is 0 Å². The summed E-state index contributed by atoms with van der Waals surface area (Å²) in [6.45, 7) is 0.374. The number of benzene rings is 2. The average molecular weight is 613 g/mol. The Hall–Kier alpha value is -3.78. The van der Waals surface area contributed by atoms with Gasteiger partial charge in [-0.25, -0.2) is 8.60 Å². The standard InChI is InChI=1S/C28H32F4N4O5S/c1-18-7-10-21(15-24(18)29)36(2)34-25-14-20(9-8-19-5-4-6-22(13-19)41-17-28(30,31)32)33-27(38)23(25)16-26(37)35-42(39)12-11-40-3/h4-7,10,13,15-16,20H,8-9,11-12,14,17H2,1-3H3,(H,33,38)(H,35,37)/b23-16-,34-25-. The predicted molar refractivity (Wildman–Crippen MR) is 151 cm³/mol. The second-order valence-electron chi connectivity index (χ2n) is 9.54. The van der Waals surface area contributed by atoms with Gasteiger partial charge in [0.25, 0.3) is 11.8 Å². The van der Waals surface area contributed by atoms with Crippen molar-refractivity contribution in [1.82, 2.24) is 10.0 Å². The molecule has 0 spiro atoms. The monoisotopic (exact) mass is 612 g/mol. The summed E-state index contributed by atoms with van der Waals surface area (Å²) in [5, 5.41) is 8.72. The zero-order valence-electron chi connectivity index (χ0n) is 23.3. The summed E-state index contributed by atoms with van der Waals surface area (Å²) in [6.07, 6.45) is -2.45. The molecule has 1 aliphatic heterocycles. The van der Waals surface area contributed by atoms with E-state index in [1.54, 1.807) is 38.2 Å². The number of aryl methyl sites for hydroxylation is 2. The van der Waals surface area contributed by atoms with Crippen molar-refractivity contribution in [3.8, 4) is 5.75 Å². The molecule has 1 aliphatic rings. The van der Waals surface area contributed by atoms with Crippen LogP contribution < -0.4 is 19.8 Å². The topological polar surface area (TPSA) is 109 Å². The molecule has 2 amide bonds. The highest BCUT2D eigenvalue weighted by molar-refractivity contribution is 7.83. The molecule has 2 atom stereocenters. The third-order valence-corrected chi connectivity index (χ3v) is 7.14. The SMILES string of the molecule is COCCS(=O)NC(=O)/C=C1\C(=O)NC(CCc2cccc(OCC(F)(F)F)c2)C\C1=N\N(C)c1ccc(C)c(F)c1. The molecule has 228 valence electrons. The van der Waals surface area contributed by atoms with E-state index in [1.165, 1.54) is 30.3 Å². The van der Waals surface area contributed by atoms with Gasteiger partial charge >= 0.3 is 6.18 Å². The number of methoxy groups -OCH3 is 1. The maximum absolute atomic E-state index is 14.2. The van der Waals surface area contributed by atoms with E-state index < -0.39 is 47.4 Å². The van der Waals surface area contributed by atoms with E-state index in [-0.39, 0.29) is 35.8 Å². The predicted octanol–water partition coefficient (Wildman–Crippen LogP) is 3.74. The molecule has 42 heavy (non-hydrogen) atoms. The van der Waals surface area contributed by atoms with Crippen molar-refractivity contribution in [1.29, 1.82) is 0 Å². The van der Waals surface area contributed by atoms with E-state index in [2.05, 4.69) is 15.1 Å². The minimum absolute atomic E-state index is 0.0468. The van der Waals surface area contributed by atoms with Gasteiger partial charge < -0.3 is 14.8 Å². The molecule has 3 rings (SSSR count). The normalized spacial score (nSPS) is 18.1. The van der Waals surface area contributed by atoms with Gasteiger partial charge in [0.1, 0.15) is 22.6 Å². The van der Waals surface area contributed by atoms with Crippen LogP contribution in [-0.2, 0) is 31.7 Å². The number of carbonyl (C=O) groups excluding carboxylic acids is 2. The summed E-state index contributed by atoms with van der Waals surface area (Å²) >= 11 is 0. The highest BCUT2D eigenvalue weighted by Gasteiger charge is 2.30. The van der Waals surface area contributed by atoms with Crippen LogP contribution >= 0.6 is 0 Å². The first-order valence-corrected chi connectivity index (χ1v) is 14.2. The molecule has 0 radical (unpaired) electrons. The molecule has 2 N–H and O–H groups in total. The number of rotatable bonds is 12. The van der Waals surface area contributed by atoms with E-state index in [0.29, 0.717) is 29.7 Å². The summed E-state index contributed by atoms with van der Waals surface area (Å²) < 4.78 is 75.7. The Morgan fingerprint density at radius 2 is 2.02 bits per heavy atom. The number of halogens is 4. The van der Waals surface area contributed by atoms with Crippen LogP contribution in [0, 0.1) is 12.7 Å². The van der Waals surface area contributed by atoms with Crippen LogP contribution in [0.4, 0.5) is 23.2 Å². The van der Waals surface area contributed by atoms with Gasteiger partial charge in [0, 0.05) is 32.7 Å². The van der Waals surface area contributed by atoms with Crippen LogP contribution in [0.2, 0.25) is 0 Å². The molecule has 1 heterocycles. The van der Waals surface area contributed by atoms with Gasteiger partial charge in [0.2, 0.25) is 0 Å². The fourth-order valence-corrected chi connectivity index (χ4v) is 4.71. The lowest BCUT2D eigenvalue weighted by Gasteiger charge is -2.28. The second-order valence-corrected chi connectivity index (χ2v) is 10.8. The third-order valence-electron chi connectivity index (χ3n) is 6.18. The van der Waals surface area contributed by atoms with E-state index in [9.17, 15) is 31.4 Å². The molecule has 0 aromatic heterocycles. The van der Waals surface area contributed by atoms with Crippen molar-refractivity contribution in [2.75, 3.05) is 38.1 Å². The summed E-state index contributed by atoms with van der Waals surface area (Å²) in [7, 11) is 1.28. The van der Waals surface area contributed by atoms with Gasteiger partial charge in [-0.3, -0.25) is 19.3 Å². The first kappa shape index (κ1) is 32.7. The summed E-state index contributed by atoms with van der Waals surface area (Å²) in [5.74, 6) is -1.65. The van der Waals surface area contributed by atoms with E-state index in [1.807, 2.05) is 0 Å². The molecule has 0 saturated carbocycles. The lowest BCUT2D eigenvalue weighted by atomic mass is 9.92. The molecular formula is C28H32F4N4O5S. The molecule has 2 aromatic rings. The van der Waals surface area contributed by atoms with Crippen LogP contribution in [-0.4, -0.2) is 67.1 Å². The second kappa shape index (κ2) is 14.9. The van der Waals surface area contributed by atoms with Crippen molar-refractivity contribution in [2.45, 2.75) is 38.4 Å². The van der Waals surface area contributed by atoms with Gasteiger partial charge in [-0.05, 0) is 55.2 Å². The number of hydrogen-bond acceptors (Lipinski definition) is 7. The van der Waals surface area contributed by atoms with Crippen LogP contribution in [0.15, 0.2) is 59.2 Å². The Bertz CT molecular complexity index is 1370. The zero-order valence-corrected chi connectivity index (χ0v) is 24.1. The number of carbonyl (C=O) groups is 2. The van der Waals surface area contributed by atoms with Crippen molar-refractivity contribution in [3.63, 3.8) is 0 Å². The van der Waals surface area contributed by atoms with Crippen LogP contribution in [0.5, 0.6) is 5.75 Å². The van der Waals surface area contributed by atoms with Crippen molar-refractivity contribution in [2.24, 2.45) is 5.10 Å².